The molecule has 0 amide bonds. The van der Waals surface area contributed by atoms with Crippen molar-refractivity contribution in [2.45, 2.75) is 18.2 Å². The van der Waals surface area contributed by atoms with E-state index in [4.69, 9.17) is 5.11 Å². The van der Waals surface area contributed by atoms with E-state index in [9.17, 15) is 13.2 Å². The maximum Gasteiger partial charge on any atom is 0.335 e. The Morgan fingerprint density at radius 3 is 2.22 bits per heavy atom. The number of piperazine rings is 1. The number of hydrogen-bond acceptors (Lipinski definition) is 4. The van der Waals surface area contributed by atoms with E-state index < -0.39 is 16.0 Å². The first kappa shape index (κ1) is 19.5. The highest BCUT2D eigenvalue weighted by Crippen LogP contribution is 2.21. The van der Waals surface area contributed by atoms with Crippen LogP contribution < -0.4 is 0 Å². The second kappa shape index (κ2) is 8.21. The summed E-state index contributed by atoms with van der Waals surface area (Å²) in [5.74, 6) is -0.924. The number of sulfonamides is 1. The zero-order valence-corrected chi connectivity index (χ0v) is 16.2. The monoisotopic (exact) mass is 388 g/mol. The van der Waals surface area contributed by atoms with Crippen molar-refractivity contribution in [3.63, 3.8) is 0 Å². The lowest BCUT2D eigenvalue weighted by atomic mass is 10.1. The summed E-state index contributed by atoms with van der Waals surface area (Å²) in [5.41, 5.74) is 2.13. The van der Waals surface area contributed by atoms with Crippen molar-refractivity contribution in [3.05, 3.63) is 65.2 Å². The fourth-order valence-electron chi connectivity index (χ4n) is 3.28. The molecule has 1 aliphatic heterocycles. The third-order valence-electron chi connectivity index (χ3n) is 4.96. The summed E-state index contributed by atoms with van der Waals surface area (Å²) in [6.07, 6.45) is 0.810. The first-order chi connectivity index (χ1) is 12.9. The molecular weight excluding hydrogens is 364 g/mol. The minimum absolute atomic E-state index is 0.286. The molecule has 1 saturated heterocycles. The van der Waals surface area contributed by atoms with E-state index in [1.165, 1.54) is 0 Å². The van der Waals surface area contributed by atoms with Crippen LogP contribution in [0.25, 0.3) is 0 Å². The zero-order valence-electron chi connectivity index (χ0n) is 15.3. The van der Waals surface area contributed by atoms with E-state index in [-0.39, 0.29) is 5.56 Å². The molecule has 0 atom stereocenters. The van der Waals surface area contributed by atoms with Crippen LogP contribution in [0.4, 0.5) is 0 Å². The molecule has 1 heterocycles. The van der Waals surface area contributed by atoms with Crippen molar-refractivity contribution in [1.82, 2.24) is 9.21 Å². The maximum atomic E-state index is 12.8. The minimum Gasteiger partial charge on any atom is -0.478 e. The average molecular weight is 388 g/mol. The maximum absolute atomic E-state index is 12.8. The molecule has 0 bridgehead atoms. The van der Waals surface area contributed by atoms with Gasteiger partial charge >= 0.3 is 5.97 Å². The van der Waals surface area contributed by atoms with Crippen molar-refractivity contribution in [3.8, 4) is 0 Å². The Labute approximate surface area is 160 Å². The Morgan fingerprint density at radius 1 is 1.00 bits per heavy atom. The van der Waals surface area contributed by atoms with Crippen LogP contribution in [0.3, 0.4) is 0 Å². The predicted molar refractivity (Wildman–Crippen MR) is 103 cm³/mol. The van der Waals surface area contributed by atoms with Gasteiger partial charge in [-0.2, -0.15) is 4.31 Å². The molecule has 7 heteroatoms. The van der Waals surface area contributed by atoms with Gasteiger partial charge in [-0.3, -0.25) is 0 Å². The van der Waals surface area contributed by atoms with Crippen molar-refractivity contribution < 1.29 is 18.3 Å². The first-order valence-electron chi connectivity index (χ1n) is 8.98. The van der Waals surface area contributed by atoms with Crippen molar-refractivity contribution >= 4 is 16.0 Å². The zero-order chi connectivity index (χ0) is 19.4. The second-order valence-electron chi connectivity index (χ2n) is 6.76. The lowest BCUT2D eigenvalue weighted by molar-refractivity contribution is 0.0697. The third kappa shape index (κ3) is 4.55. The van der Waals surface area contributed by atoms with Crippen LogP contribution in [0, 0.1) is 6.92 Å². The van der Waals surface area contributed by atoms with E-state index >= 15 is 0 Å². The summed E-state index contributed by atoms with van der Waals surface area (Å²) in [7, 11) is -3.45. The number of carboxylic acids is 1. The normalized spacial score (nSPS) is 16.3. The highest BCUT2D eigenvalue weighted by atomic mass is 32.2. The first-order valence-corrected chi connectivity index (χ1v) is 10.4. The van der Waals surface area contributed by atoms with Gasteiger partial charge in [0.25, 0.3) is 0 Å². The van der Waals surface area contributed by atoms with Gasteiger partial charge < -0.3 is 10.0 Å². The van der Waals surface area contributed by atoms with Gasteiger partial charge in [0.05, 0.1) is 10.5 Å². The van der Waals surface area contributed by atoms with Gasteiger partial charge in [-0.05, 0) is 42.7 Å². The molecule has 1 fully saturated rings. The SMILES string of the molecule is Cc1ccccc1S(=O)(=O)N1CCN(CCc2ccc(C(=O)O)cc2)CC1. The highest BCUT2D eigenvalue weighted by molar-refractivity contribution is 7.89. The van der Waals surface area contributed by atoms with Crippen LogP contribution in [-0.2, 0) is 16.4 Å². The molecule has 144 valence electrons. The lowest BCUT2D eigenvalue weighted by Gasteiger charge is -2.34. The molecule has 0 aromatic heterocycles. The molecule has 3 rings (SSSR count). The van der Waals surface area contributed by atoms with Crippen LogP contribution in [0.2, 0.25) is 0 Å². The molecule has 0 spiro atoms. The number of hydrogen-bond donors (Lipinski definition) is 1. The Balaban J connectivity index is 1.54. The van der Waals surface area contributed by atoms with Crippen molar-refractivity contribution in [1.29, 1.82) is 0 Å². The molecule has 0 aliphatic carbocycles. The average Bonchev–Trinajstić information content (AvgIpc) is 2.67. The number of rotatable bonds is 6. The molecule has 6 nitrogen and oxygen atoms in total. The molecule has 0 unspecified atom stereocenters. The smallest absolute Gasteiger partial charge is 0.335 e. The second-order valence-corrected chi connectivity index (χ2v) is 8.67. The standard InChI is InChI=1S/C20H24N2O4S/c1-16-4-2-3-5-19(16)27(25,26)22-14-12-21(13-15-22)11-10-17-6-8-18(9-7-17)20(23)24/h2-9H,10-15H2,1H3,(H,23,24). The van der Waals surface area contributed by atoms with Gasteiger partial charge in [0, 0.05) is 32.7 Å². The number of aromatic carboxylic acids is 1. The third-order valence-corrected chi connectivity index (χ3v) is 7.02. The number of nitrogens with zero attached hydrogens (tertiary/aromatic N) is 2. The molecule has 27 heavy (non-hydrogen) atoms. The molecule has 2 aromatic carbocycles. The van der Waals surface area contributed by atoms with Crippen molar-refractivity contribution in [2.75, 3.05) is 32.7 Å². The van der Waals surface area contributed by atoms with Gasteiger partial charge in [-0.25, -0.2) is 13.2 Å². The quantitative estimate of drug-likeness (QED) is 0.821. The van der Waals surface area contributed by atoms with Gasteiger partial charge in [-0.15, -0.1) is 0 Å². The van der Waals surface area contributed by atoms with E-state index in [1.54, 1.807) is 28.6 Å². The van der Waals surface area contributed by atoms with Gasteiger partial charge in [-0.1, -0.05) is 30.3 Å². The van der Waals surface area contributed by atoms with Crippen LogP contribution in [0.1, 0.15) is 21.5 Å². The number of aryl methyl sites for hydroxylation is 1. The Kier molecular flexibility index (Phi) is 5.94. The van der Waals surface area contributed by atoms with Crippen LogP contribution >= 0.6 is 0 Å². The largest absolute Gasteiger partial charge is 0.478 e. The Hall–Kier alpha value is -2.22. The van der Waals surface area contributed by atoms with E-state index in [2.05, 4.69) is 4.90 Å². The lowest BCUT2D eigenvalue weighted by Crippen LogP contribution is -2.49. The number of carbonyl (C=O) groups is 1. The van der Waals surface area contributed by atoms with E-state index in [0.29, 0.717) is 31.1 Å². The topological polar surface area (TPSA) is 77.9 Å². The Morgan fingerprint density at radius 2 is 1.63 bits per heavy atom. The van der Waals surface area contributed by atoms with E-state index in [1.807, 2.05) is 31.2 Å². The van der Waals surface area contributed by atoms with Crippen LogP contribution in [0.15, 0.2) is 53.4 Å². The molecule has 2 aromatic rings. The fraction of sp³-hybridized carbons (Fsp3) is 0.350. The predicted octanol–water partition coefficient (Wildman–Crippen LogP) is 2.24. The summed E-state index contributed by atoms with van der Waals surface area (Å²) >= 11 is 0. The molecule has 0 radical (unpaired) electrons. The minimum atomic E-state index is -3.45. The van der Waals surface area contributed by atoms with Crippen LogP contribution in [-0.4, -0.2) is 61.4 Å². The molecule has 0 saturated carbocycles. The van der Waals surface area contributed by atoms with Crippen molar-refractivity contribution in [2.24, 2.45) is 0 Å². The summed E-state index contributed by atoms with van der Waals surface area (Å²) in [4.78, 5) is 13.5. The van der Waals surface area contributed by atoms with Gasteiger partial charge in [0.15, 0.2) is 0 Å². The molecule has 1 aliphatic rings. The number of carboxylic acid groups (broad SMARTS) is 1. The molecule has 1 N–H and O–H groups in total. The summed E-state index contributed by atoms with van der Waals surface area (Å²) in [6, 6.07) is 14.0. The fourth-order valence-corrected chi connectivity index (χ4v) is 4.93. The van der Waals surface area contributed by atoms with E-state index in [0.717, 1.165) is 24.1 Å². The number of benzene rings is 2. The highest BCUT2D eigenvalue weighted by Gasteiger charge is 2.29. The van der Waals surface area contributed by atoms with Gasteiger partial charge in [0.2, 0.25) is 10.0 Å². The van der Waals surface area contributed by atoms with Gasteiger partial charge in [0.1, 0.15) is 0 Å². The Bertz CT molecular complexity index is 902. The van der Waals surface area contributed by atoms with Crippen LogP contribution in [0.5, 0.6) is 0 Å². The summed E-state index contributed by atoms with van der Waals surface area (Å²) < 4.78 is 27.2. The summed E-state index contributed by atoms with van der Waals surface area (Å²) in [6.45, 7) is 4.99. The molecular formula is C20H24N2O4S. The summed E-state index contributed by atoms with van der Waals surface area (Å²) in [5, 5.41) is 8.94.